The highest BCUT2D eigenvalue weighted by Crippen LogP contribution is 2.23. The SMILES string of the molecule is CCOC(=O)CCc1c(Br)cccc1CC(=O)OCC. The van der Waals surface area contributed by atoms with Gasteiger partial charge in [-0.25, -0.2) is 0 Å². The smallest absolute Gasteiger partial charge is 0.310 e. The molecule has 0 N–H and O–H groups in total. The van der Waals surface area contributed by atoms with Gasteiger partial charge >= 0.3 is 11.9 Å². The number of carbonyl (C=O) groups is 2. The zero-order chi connectivity index (χ0) is 15.0. The van der Waals surface area contributed by atoms with Crippen LogP contribution in [0.15, 0.2) is 22.7 Å². The second kappa shape index (κ2) is 8.74. The first-order chi connectivity index (χ1) is 9.58. The minimum atomic E-state index is -0.261. The van der Waals surface area contributed by atoms with Crippen molar-refractivity contribution in [3.63, 3.8) is 0 Å². The molecule has 0 aliphatic heterocycles. The van der Waals surface area contributed by atoms with Gasteiger partial charge in [-0.05, 0) is 37.5 Å². The molecule has 1 aromatic carbocycles. The van der Waals surface area contributed by atoms with Gasteiger partial charge in [0.15, 0.2) is 0 Å². The molecule has 0 aliphatic rings. The number of carbonyl (C=O) groups excluding carboxylic acids is 2. The molecule has 0 fully saturated rings. The highest BCUT2D eigenvalue weighted by molar-refractivity contribution is 9.10. The number of benzene rings is 1. The summed E-state index contributed by atoms with van der Waals surface area (Å²) in [4.78, 5) is 23.0. The molecule has 0 atom stereocenters. The lowest BCUT2D eigenvalue weighted by atomic mass is 10.0. The largest absolute Gasteiger partial charge is 0.466 e. The summed E-state index contributed by atoms with van der Waals surface area (Å²) in [5.41, 5.74) is 1.83. The van der Waals surface area contributed by atoms with Crippen LogP contribution < -0.4 is 0 Å². The fourth-order valence-electron chi connectivity index (χ4n) is 1.88. The zero-order valence-corrected chi connectivity index (χ0v) is 13.4. The van der Waals surface area contributed by atoms with Crippen molar-refractivity contribution >= 4 is 27.9 Å². The highest BCUT2D eigenvalue weighted by atomic mass is 79.9. The third-order valence-corrected chi connectivity index (χ3v) is 3.48. The van der Waals surface area contributed by atoms with E-state index in [0.717, 1.165) is 15.6 Å². The maximum atomic E-state index is 11.6. The first-order valence-electron chi connectivity index (χ1n) is 6.66. The Labute approximate surface area is 127 Å². The summed E-state index contributed by atoms with van der Waals surface area (Å²) in [5, 5.41) is 0. The van der Waals surface area contributed by atoms with Gasteiger partial charge in [-0.3, -0.25) is 9.59 Å². The van der Waals surface area contributed by atoms with Crippen molar-refractivity contribution in [3.05, 3.63) is 33.8 Å². The lowest BCUT2D eigenvalue weighted by molar-refractivity contribution is -0.143. The van der Waals surface area contributed by atoms with E-state index in [2.05, 4.69) is 15.9 Å². The minimum Gasteiger partial charge on any atom is -0.466 e. The normalized spacial score (nSPS) is 10.2. The van der Waals surface area contributed by atoms with Gasteiger partial charge in [-0.2, -0.15) is 0 Å². The van der Waals surface area contributed by atoms with Crippen LogP contribution in [-0.4, -0.2) is 25.2 Å². The number of rotatable bonds is 7. The maximum absolute atomic E-state index is 11.6. The van der Waals surface area contributed by atoms with Gasteiger partial charge in [-0.1, -0.05) is 28.1 Å². The topological polar surface area (TPSA) is 52.6 Å². The molecule has 1 rings (SSSR count). The molecule has 20 heavy (non-hydrogen) atoms. The second-order valence-electron chi connectivity index (χ2n) is 4.16. The van der Waals surface area contributed by atoms with E-state index in [9.17, 15) is 9.59 Å². The Morgan fingerprint density at radius 2 is 1.75 bits per heavy atom. The van der Waals surface area contributed by atoms with Crippen LogP contribution in [0.1, 0.15) is 31.4 Å². The van der Waals surface area contributed by atoms with E-state index in [1.165, 1.54) is 0 Å². The first kappa shape index (κ1) is 16.7. The Balaban J connectivity index is 2.77. The van der Waals surface area contributed by atoms with Gasteiger partial charge < -0.3 is 9.47 Å². The number of esters is 2. The molecule has 5 heteroatoms. The van der Waals surface area contributed by atoms with Gasteiger partial charge in [0.2, 0.25) is 0 Å². The number of hydrogen-bond donors (Lipinski definition) is 0. The lowest BCUT2D eigenvalue weighted by Crippen LogP contribution is -2.11. The number of halogens is 1. The summed E-state index contributed by atoms with van der Waals surface area (Å²) >= 11 is 3.46. The zero-order valence-electron chi connectivity index (χ0n) is 11.8. The third-order valence-electron chi connectivity index (χ3n) is 2.74. The predicted molar refractivity (Wildman–Crippen MR) is 79.4 cm³/mol. The summed E-state index contributed by atoms with van der Waals surface area (Å²) in [5.74, 6) is -0.492. The molecule has 0 heterocycles. The summed E-state index contributed by atoms with van der Waals surface area (Å²) in [6.45, 7) is 4.30. The first-order valence-corrected chi connectivity index (χ1v) is 7.45. The lowest BCUT2D eigenvalue weighted by Gasteiger charge is -2.11. The predicted octanol–water partition coefficient (Wildman–Crippen LogP) is 3.05. The molecule has 110 valence electrons. The maximum Gasteiger partial charge on any atom is 0.310 e. The van der Waals surface area contributed by atoms with Crippen molar-refractivity contribution in [2.75, 3.05) is 13.2 Å². The fourth-order valence-corrected chi connectivity index (χ4v) is 2.48. The Morgan fingerprint density at radius 3 is 2.40 bits per heavy atom. The summed E-state index contributed by atoms with van der Waals surface area (Å²) < 4.78 is 10.8. The van der Waals surface area contributed by atoms with Crippen LogP contribution in [-0.2, 0) is 31.9 Å². The van der Waals surface area contributed by atoms with Gasteiger partial charge in [0.05, 0.1) is 19.6 Å². The minimum absolute atomic E-state index is 0.214. The molecule has 0 aliphatic carbocycles. The highest BCUT2D eigenvalue weighted by Gasteiger charge is 2.13. The van der Waals surface area contributed by atoms with E-state index in [1.807, 2.05) is 18.2 Å². The van der Waals surface area contributed by atoms with Gasteiger partial charge in [-0.15, -0.1) is 0 Å². The monoisotopic (exact) mass is 342 g/mol. The van der Waals surface area contributed by atoms with Crippen LogP contribution >= 0.6 is 15.9 Å². The van der Waals surface area contributed by atoms with Crippen molar-refractivity contribution in [3.8, 4) is 0 Å². The second-order valence-corrected chi connectivity index (χ2v) is 5.02. The van der Waals surface area contributed by atoms with Crippen molar-refractivity contribution in [1.82, 2.24) is 0 Å². The van der Waals surface area contributed by atoms with Crippen LogP contribution in [0.3, 0.4) is 0 Å². The van der Waals surface area contributed by atoms with Crippen molar-refractivity contribution in [1.29, 1.82) is 0 Å². The fraction of sp³-hybridized carbons (Fsp3) is 0.467. The van der Waals surface area contributed by atoms with E-state index in [-0.39, 0.29) is 18.4 Å². The molecule has 0 aromatic heterocycles. The molecule has 0 radical (unpaired) electrons. The van der Waals surface area contributed by atoms with E-state index in [4.69, 9.17) is 9.47 Å². The molecule has 0 amide bonds. The van der Waals surface area contributed by atoms with Gasteiger partial charge in [0.25, 0.3) is 0 Å². The van der Waals surface area contributed by atoms with Gasteiger partial charge in [0.1, 0.15) is 0 Å². The average molecular weight is 343 g/mol. The molecule has 0 saturated carbocycles. The molecule has 0 spiro atoms. The third kappa shape index (κ3) is 5.33. The van der Waals surface area contributed by atoms with Crippen molar-refractivity contribution in [2.24, 2.45) is 0 Å². The number of ether oxygens (including phenoxy) is 2. The summed E-state index contributed by atoms with van der Waals surface area (Å²) in [6.07, 6.45) is 1.05. The molecule has 4 nitrogen and oxygen atoms in total. The molecule has 0 unspecified atom stereocenters. The molecule has 1 aromatic rings. The summed E-state index contributed by atoms with van der Waals surface area (Å²) in [7, 11) is 0. The number of hydrogen-bond acceptors (Lipinski definition) is 4. The van der Waals surface area contributed by atoms with E-state index < -0.39 is 0 Å². The van der Waals surface area contributed by atoms with Crippen LogP contribution in [0.5, 0.6) is 0 Å². The van der Waals surface area contributed by atoms with E-state index in [0.29, 0.717) is 26.1 Å². The summed E-state index contributed by atoms with van der Waals surface area (Å²) in [6, 6.07) is 5.64. The van der Waals surface area contributed by atoms with Crippen molar-refractivity contribution in [2.45, 2.75) is 33.1 Å². The van der Waals surface area contributed by atoms with E-state index >= 15 is 0 Å². The molecule has 0 bridgehead atoms. The standard InChI is InChI=1S/C15H19BrO4/c1-3-19-14(17)9-8-12-11(6-5-7-13(12)16)10-15(18)20-4-2/h5-7H,3-4,8-10H2,1-2H3. The Bertz CT molecular complexity index is 471. The Morgan fingerprint density at radius 1 is 1.10 bits per heavy atom. The van der Waals surface area contributed by atoms with Crippen LogP contribution in [0.25, 0.3) is 0 Å². The molecule has 0 saturated heterocycles. The van der Waals surface area contributed by atoms with Crippen LogP contribution in [0, 0.1) is 0 Å². The Hall–Kier alpha value is -1.36. The van der Waals surface area contributed by atoms with Crippen LogP contribution in [0.4, 0.5) is 0 Å². The molecular formula is C15H19BrO4. The van der Waals surface area contributed by atoms with E-state index in [1.54, 1.807) is 13.8 Å². The van der Waals surface area contributed by atoms with Gasteiger partial charge in [0, 0.05) is 10.9 Å². The van der Waals surface area contributed by atoms with Crippen molar-refractivity contribution < 1.29 is 19.1 Å². The average Bonchev–Trinajstić information content (AvgIpc) is 2.38. The quantitative estimate of drug-likeness (QED) is 0.714. The molecular weight excluding hydrogens is 324 g/mol. The van der Waals surface area contributed by atoms with Crippen LogP contribution in [0.2, 0.25) is 0 Å². The Kier molecular flexibility index (Phi) is 7.30.